The van der Waals surface area contributed by atoms with E-state index in [1.807, 2.05) is 7.05 Å². The van der Waals surface area contributed by atoms with Crippen LogP contribution in [0.2, 0.25) is 0 Å². The highest BCUT2D eigenvalue weighted by Gasteiger charge is 2.20. The fourth-order valence-electron chi connectivity index (χ4n) is 1.93. The van der Waals surface area contributed by atoms with Crippen LogP contribution in [-0.2, 0) is 4.74 Å². The molecule has 0 heterocycles. The van der Waals surface area contributed by atoms with Gasteiger partial charge in [-0.25, -0.2) is 0 Å². The van der Waals surface area contributed by atoms with Gasteiger partial charge in [0, 0.05) is 6.54 Å². The molecule has 0 aliphatic heterocycles. The Bertz CT molecular complexity index is 145. The number of hydrogen-bond donors (Lipinski definition) is 1. The normalized spacial score (nSPS) is 14.2. The summed E-state index contributed by atoms with van der Waals surface area (Å²) in [6, 6.07) is 0. The molecule has 0 fully saturated rings. The summed E-state index contributed by atoms with van der Waals surface area (Å²) in [6.07, 6.45) is 6.87. The summed E-state index contributed by atoms with van der Waals surface area (Å²) in [5, 5.41) is 3.16. The highest BCUT2D eigenvalue weighted by molar-refractivity contribution is 4.72. The number of unbranched alkanes of at least 4 members (excludes halogenated alkanes) is 3. The summed E-state index contributed by atoms with van der Waals surface area (Å²) in [5.41, 5.74) is -0.0427. The maximum Gasteiger partial charge on any atom is 0.0753 e. The van der Waals surface area contributed by atoms with Crippen molar-refractivity contribution in [2.45, 2.75) is 71.5 Å². The lowest BCUT2D eigenvalue weighted by Crippen LogP contribution is -2.38. The summed E-state index contributed by atoms with van der Waals surface area (Å²) in [7, 11) is 1.97. The highest BCUT2D eigenvalue weighted by atomic mass is 16.5. The fourth-order valence-corrected chi connectivity index (χ4v) is 1.93. The van der Waals surface area contributed by atoms with E-state index in [1.165, 1.54) is 32.1 Å². The summed E-state index contributed by atoms with van der Waals surface area (Å²) >= 11 is 0. The average molecular weight is 215 g/mol. The lowest BCUT2D eigenvalue weighted by Gasteiger charge is -2.29. The molecule has 0 aliphatic rings. The average Bonchev–Trinajstić information content (AvgIpc) is 2.11. The molecule has 0 rings (SSSR count). The van der Waals surface area contributed by atoms with Crippen molar-refractivity contribution < 1.29 is 4.74 Å². The molecule has 1 atom stereocenters. The van der Waals surface area contributed by atoms with Crippen molar-refractivity contribution in [1.82, 2.24) is 5.32 Å². The zero-order chi connectivity index (χ0) is 11.7. The van der Waals surface area contributed by atoms with Gasteiger partial charge in [0.25, 0.3) is 0 Å². The predicted octanol–water partition coefficient (Wildman–Crippen LogP) is 3.36. The molecule has 15 heavy (non-hydrogen) atoms. The zero-order valence-electron chi connectivity index (χ0n) is 11.2. The summed E-state index contributed by atoms with van der Waals surface area (Å²) in [5.74, 6) is 0. The van der Waals surface area contributed by atoms with E-state index >= 15 is 0 Å². The lowest BCUT2D eigenvalue weighted by atomic mass is 10.1. The topological polar surface area (TPSA) is 21.3 Å². The van der Waals surface area contributed by atoms with Crippen LogP contribution in [0.4, 0.5) is 0 Å². The van der Waals surface area contributed by atoms with Gasteiger partial charge in [-0.15, -0.1) is 0 Å². The second kappa shape index (κ2) is 8.12. The van der Waals surface area contributed by atoms with Gasteiger partial charge in [-0.1, -0.05) is 32.6 Å². The van der Waals surface area contributed by atoms with Gasteiger partial charge in [-0.05, 0) is 34.2 Å². The molecule has 0 aliphatic carbocycles. The van der Waals surface area contributed by atoms with E-state index < -0.39 is 0 Å². The second-order valence-electron chi connectivity index (χ2n) is 5.07. The minimum atomic E-state index is -0.0427. The van der Waals surface area contributed by atoms with Crippen molar-refractivity contribution >= 4 is 0 Å². The molecular formula is C13H29NO. The van der Waals surface area contributed by atoms with Crippen molar-refractivity contribution in [3.05, 3.63) is 0 Å². The minimum absolute atomic E-state index is 0.0427. The van der Waals surface area contributed by atoms with Crippen LogP contribution in [0.15, 0.2) is 0 Å². The Labute approximate surface area is 95.8 Å². The third kappa shape index (κ3) is 8.88. The molecule has 1 unspecified atom stereocenters. The molecular weight excluding hydrogens is 186 g/mol. The molecule has 2 nitrogen and oxygen atoms in total. The van der Waals surface area contributed by atoms with Gasteiger partial charge in [0.2, 0.25) is 0 Å². The van der Waals surface area contributed by atoms with E-state index in [9.17, 15) is 0 Å². The molecule has 0 saturated heterocycles. The molecule has 0 bridgehead atoms. The number of ether oxygens (including phenoxy) is 1. The first-order chi connectivity index (χ1) is 7.02. The van der Waals surface area contributed by atoms with Crippen molar-refractivity contribution in [2.75, 3.05) is 13.6 Å². The van der Waals surface area contributed by atoms with Gasteiger partial charge >= 0.3 is 0 Å². The van der Waals surface area contributed by atoms with Crippen molar-refractivity contribution in [3.8, 4) is 0 Å². The van der Waals surface area contributed by atoms with Gasteiger partial charge in [-0.2, -0.15) is 0 Å². The van der Waals surface area contributed by atoms with Crippen LogP contribution in [0.3, 0.4) is 0 Å². The third-order valence-electron chi connectivity index (χ3n) is 2.59. The predicted molar refractivity (Wildman–Crippen MR) is 67.3 cm³/mol. The standard InChI is InChI=1S/C13H29NO/c1-6-7-8-9-10-12(2)15-13(3,4)11-14-5/h12,14H,6-11H2,1-5H3. The Balaban J connectivity index is 3.58. The van der Waals surface area contributed by atoms with E-state index in [1.54, 1.807) is 0 Å². The van der Waals surface area contributed by atoms with E-state index in [2.05, 4.69) is 33.0 Å². The summed E-state index contributed by atoms with van der Waals surface area (Å²) in [6.45, 7) is 9.63. The quantitative estimate of drug-likeness (QED) is 0.595. The Kier molecular flexibility index (Phi) is 8.07. The van der Waals surface area contributed by atoms with E-state index in [0.717, 1.165) is 6.54 Å². The van der Waals surface area contributed by atoms with Crippen LogP contribution in [0.5, 0.6) is 0 Å². The molecule has 1 N–H and O–H groups in total. The zero-order valence-corrected chi connectivity index (χ0v) is 11.2. The fraction of sp³-hybridized carbons (Fsp3) is 1.00. The number of nitrogens with one attached hydrogen (secondary N) is 1. The molecule has 0 saturated carbocycles. The van der Waals surface area contributed by atoms with Gasteiger partial charge in [0.05, 0.1) is 11.7 Å². The van der Waals surface area contributed by atoms with Crippen LogP contribution in [-0.4, -0.2) is 25.3 Å². The molecule has 0 aromatic heterocycles. The summed E-state index contributed by atoms with van der Waals surface area (Å²) < 4.78 is 6.00. The van der Waals surface area contributed by atoms with E-state index in [4.69, 9.17) is 4.74 Å². The number of likely N-dealkylation sites (N-methyl/N-ethyl adjacent to an activating group) is 1. The van der Waals surface area contributed by atoms with Gasteiger partial charge in [-0.3, -0.25) is 0 Å². The SMILES string of the molecule is CCCCCCC(C)OC(C)(C)CNC. The smallest absolute Gasteiger partial charge is 0.0753 e. The van der Waals surface area contributed by atoms with E-state index in [0.29, 0.717) is 6.10 Å². The first-order valence-corrected chi connectivity index (χ1v) is 6.34. The van der Waals surface area contributed by atoms with Crippen LogP contribution in [0.25, 0.3) is 0 Å². The lowest BCUT2D eigenvalue weighted by molar-refractivity contribution is -0.0645. The van der Waals surface area contributed by atoms with Gasteiger partial charge in [0.15, 0.2) is 0 Å². The van der Waals surface area contributed by atoms with Gasteiger partial charge in [0.1, 0.15) is 0 Å². The molecule has 0 amide bonds. The third-order valence-corrected chi connectivity index (χ3v) is 2.59. The first kappa shape index (κ1) is 14.9. The van der Waals surface area contributed by atoms with Crippen LogP contribution in [0, 0.1) is 0 Å². The van der Waals surface area contributed by atoms with E-state index in [-0.39, 0.29) is 5.60 Å². The van der Waals surface area contributed by atoms with Crippen molar-refractivity contribution in [3.63, 3.8) is 0 Å². The number of hydrogen-bond acceptors (Lipinski definition) is 2. The Morgan fingerprint density at radius 3 is 2.40 bits per heavy atom. The molecule has 2 heteroatoms. The van der Waals surface area contributed by atoms with Crippen LogP contribution < -0.4 is 5.32 Å². The van der Waals surface area contributed by atoms with Crippen molar-refractivity contribution in [1.29, 1.82) is 0 Å². The Hall–Kier alpha value is -0.0800. The monoisotopic (exact) mass is 215 g/mol. The Morgan fingerprint density at radius 1 is 1.20 bits per heavy atom. The van der Waals surface area contributed by atoms with Crippen molar-refractivity contribution in [2.24, 2.45) is 0 Å². The molecule has 0 radical (unpaired) electrons. The molecule has 92 valence electrons. The number of rotatable bonds is 9. The first-order valence-electron chi connectivity index (χ1n) is 6.34. The minimum Gasteiger partial charge on any atom is -0.371 e. The summed E-state index contributed by atoms with van der Waals surface area (Å²) in [4.78, 5) is 0. The second-order valence-corrected chi connectivity index (χ2v) is 5.07. The molecule has 0 aromatic rings. The molecule has 0 spiro atoms. The van der Waals surface area contributed by atoms with Crippen LogP contribution >= 0.6 is 0 Å². The maximum absolute atomic E-state index is 6.00. The van der Waals surface area contributed by atoms with Crippen LogP contribution in [0.1, 0.15) is 59.8 Å². The van der Waals surface area contributed by atoms with Gasteiger partial charge < -0.3 is 10.1 Å². The largest absolute Gasteiger partial charge is 0.371 e. The Morgan fingerprint density at radius 2 is 1.87 bits per heavy atom. The highest BCUT2D eigenvalue weighted by Crippen LogP contribution is 2.15. The molecule has 0 aromatic carbocycles. The maximum atomic E-state index is 6.00.